The van der Waals surface area contributed by atoms with E-state index in [0.29, 0.717) is 0 Å². The fourth-order valence-electron chi connectivity index (χ4n) is 2.15. The Morgan fingerprint density at radius 2 is 1.79 bits per heavy atom. The SMILES string of the molecule is CCCCCCCOC(c1ccncc1)C(N)CC. The van der Waals surface area contributed by atoms with Gasteiger partial charge in [-0.2, -0.15) is 0 Å². The van der Waals surface area contributed by atoms with Crippen LogP contribution < -0.4 is 5.73 Å². The van der Waals surface area contributed by atoms with Crippen LogP contribution in [-0.2, 0) is 4.74 Å². The summed E-state index contributed by atoms with van der Waals surface area (Å²) in [5.74, 6) is 0. The van der Waals surface area contributed by atoms with Crippen LogP contribution in [0.25, 0.3) is 0 Å². The molecule has 108 valence electrons. The summed E-state index contributed by atoms with van der Waals surface area (Å²) in [6, 6.07) is 4.05. The average molecular weight is 264 g/mol. The van der Waals surface area contributed by atoms with Gasteiger partial charge in [0, 0.05) is 25.0 Å². The van der Waals surface area contributed by atoms with Gasteiger partial charge in [0.15, 0.2) is 0 Å². The molecule has 1 aromatic rings. The van der Waals surface area contributed by atoms with E-state index in [0.717, 1.165) is 25.0 Å². The van der Waals surface area contributed by atoms with E-state index >= 15 is 0 Å². The summed E-state index contributed by atoms with van der Waals surface area (Å²) < 4.78 is 6.01. The quantitative estimate of drug-likeness (QED) is 0.653. The van der Waals surface area contributed by atoms with Gasteiger partial charge in [-0.15, -0.1) is 0 Å². The van der Waals surface area contributed by atoms with E-state index in [-0.39, 0.29) is 12.1 Å². The zero-order chi connectivity index (χ0) is 13.9. The zero-order valence-electron chi connectivity index (χ0n) is 12.3. The second kappa shape index (κ2) is 9.93. The van der Waals surface area contributed by atoms with E-state index in [9.17, 15) is 0 Å². The normalized spacial score (nSPS) is 14.3. The first-order valence-corrected chi connectivity index (χ1v) is 7.56. The van der Waals surface area contributed by atoms with Gasteiger partial charge in [-0.3, -0.25) is 4.98 Å². The van der Waals surface area contributed by atoms with E-state index in [1.807, 2.05) is 12.1 Å². The van der Waals surface area contributed by atoms with Gasteiger partial charge >= 0.3 is 0 Å². The number of pyridine rings is 1. The maximum Gasteiger partial charge on any atom is 0.0976 e. The fraction of sp³-hybridized carbons (Fsp3) is 0.688. The fourth-order valence-corrected chi connectivity index (χ4v) is 2.15. The first kappa shape index (κ1) is 16.1. The van der Waals surface area contributed by atoms with Crippen molar-refractivity contribution in [3.8, 4) is 0 Å². The molecule has 19 heavy (non-hydrogen) atoms. The average Bonchev–Trinajstić information content (AvgIpc) is 2.47. The highest BCUT2D eigenvalue weighted by molar-refractivity contribution is 5.15. The Labute approximate surface area is 117 Å². The van der Waals surface area contributed by atoms with Crippen LogP contribution in [0, 0.1) is 0 Å². The number of nitrogens with zero attached hydrogens (tertiary/aromatic N) is 1. The lowest BCUT2D eigenvalue weighted by atomic mass is 10.0. The molecule has 3 nitrogen and oxygen atoms in total. The third kappa shape index (κ3) is 6.17. The van der Waals surface area contributed by atoms with Crippen molar-refractivity contribution in [1.82, 2.24) is 4.98 Å². The summed E-state index contributed by atoms with van der Waals surface area (Å²) in [5.41, 5.74) is 7.30. The van der Waals surface area contributed by atoms with Crippen LogP contribution in [0.15, 0.2) is 24.5 Å². The monoisotopic (exact) mass is 264 g/mol. The van der Waals surface area contributed by atoms with E-state index in [4.69, 9.17) is 10.5 Å². The highest BCUT2D eigenvalue weighted by atomic mass is 16.5. The highest BCUT2D eigenvalue weighted by Gasteiger charge is 2.18. The van der Waals surface area contributed by atoms with Gasteiger partial charge in [0.2, 0.25) is 0 Å². The standard InChI is InChI=1S/C16H28N2O/c1-3-5-6-7-8-13-19-16(15(17)4-2)14-9-11-18-12-10-14/h9-12,15-16H,3-8,13,17H2,1-2H3. The van der Waals surface area contributed by atoms with Gasteiger partial charge in [-0.1, -0.05) is 39.5 Å². The first-order chi connectivity index (χ1) is 9.29. The second-order valence-corrected chi connectivity index (χ2v) is 5.06. The number of nitrogens with two attached hydrogens (primary N) is 1. The Hall–Kier alpha value is -0.930. The Kier molecular flexibility index (Phi) is 8.43. The van der Waals surface area contributed by atoms with Crippen LogP contribution in [0.1, 0.15) is 64.0 Å². The van der Waals surface area contributed by atoms with Gasteiger partial charge in [0.1, 0.15) is 0 Å². The van der Waals surface area contributed by atoms with Gasteiger partial charge in [0.25, 0.3) is 0 Å². The molecular weight excluding hydrogens is 236 g/mol. The van der Waals surface area contributed by atoms with Crippen molar-refractivity contribution in [1.29, 1.82) is 0 Å². The molecule has 1 heterocycles. The molecule has 0 spiro atoms. The van der Waals surface area contributed by atoms with E-state index in [1.165, 1.54) is 25.7 Å². The molecule has 2 unspecified atom stereocenters. The third-order valence-electron chi connectivity index (χ3n) is 3.44. The summed E-state index contributed by atoms with van der Waals surface area (Å²) >= 11 is 0. The Morgan fingerprint density at radius 3 is 2.42 bits per heavy atom. The van der Waals surface area contributed by atoms with Gasteiger partial charge in [0.05, 0.1) is 6.10 Å². The molecule has 0 aliphatic rings. The lowest BCUT2D eigenvalue weighted by Crippen LogP contribution is -2.29. The molecule has 0 amide bonds. The van der Waals surface area contributed by atoms with E-state index in [1.54, 1.807) is 12.4 Å². The van der Waals surface area contributed by atoms with Crippen molar-refractivity contribution in [2.24, 2.45) is 5.73 Å². The number of unbranched alkanes of at least 4 members (excludes halogenated alkanes) is 4. The minimum atomic E-state index is -0.000764. The van der Waals surface area contributed by atoms with Crippen molar-refractivity contribution in [2.45, 2.75) is 64.5 Å². The number of hydrogen-bond donors (Lipinski definition) is 1. The second-order valence-electron chi connectivity index (χ2n) is 5.06. The summed E-state index contributed by atoms with van der Waals surface area (Å²) in [6.45, 7) is 5.13. The van der Waals surface area contributed by atoms with Crippen LogP contribution >= 0.6 is 0 Å². The predicted molar refractivity (Wildman–Crippen MR) is 80.0 cm³/mol. The number of aromatic nitrogens is 1. The predicted octanol–water partition coefficient (Wildman–Crippen LogP) is 3.85. The molecular formula is C16H28N2O. The first-order valence-electron chi connectivity index (χ1n) is 7.56. The van der Waals surface area contributed by atoms with Gasteiger partial charge in [-0.05, 0) is 30.5 Å². The Bertz CT molecular complexity index is 316. The van der Waals surface area contributed by atoms with E-state index in [2.05, 4.69) is 18.8 Å². The molecule has 0 aromatic carbocycles. The topological polar surface area (TPSA) is 48.1 Å². The summed E-state index contributed by atoms with van der Waals surface area (Å²) in [5, 5.41) is 0. The molecule has 2 atom stereocenters. The molecule has 0 fully saturated rings. The minimum Gasteiger partial charge on any atom is -0.372 e. The molecule has 0 aliphatic heterocycles. The van der Waals surface area contributed by atoms with Crippen LogP contribution in [0.3, 0.4) is 0 Å². The number of rotatable bonds is 10. The smallest absolute Gasteiger partial charge is 0.0976 e. The van der Waals surface area contributed by atoms with Crippen LogP contribution in [0.2, 0.25) is 0 Å². The maximum absolute atomic E-state index is 6.17. The summed E-state index contributed by atoms with van der Waals surface area (Å²) in [4.78, 5) is 4.05. The van der Waals surface area contributed by atoms with Gasteiger partial charge in [-0.25, -0.2) is 0 Å². The largest absolute Gasteiger partial charge is 0.372 e. The molecule has 0 saturated heterocycles. The zero-order valence-corrected chi connectivity index (χ0v) is 12.3. The van der Waals surface area contributed by atoms with E-state index < -0.39 is 0 Å². The van der Waals surface area contributed by atoms with Crippen LogP contribution in [-0.4, -0.2) is 17.6 Å². The lowest BCUT2D eigenvalue weighted by Gasteiger charge is -2.23. The minimum absolute atomic E-state index is 0.000764. The van der Waals surface area contributed by atoms with Crippen LogP contribution in [0.5, 0.6) is 0 Å². The Balaban J connectivity index is 2.39. The van der Waals surface area contributed by atoms with Crippen molar-refractivity contribution in [3.63, 3.8) is 0 Å². The maximum atomic E-state index is 6.17. The molecule has 1 aromatic heterocycles. The van der Waals surface area contributed by atoms with Crippen molar-refractivity contribution < 1.29 is 4.74 Å². The highest BCUT2D eigenvalue weighted by Crippen LogP contribution is 2.22. The Morgan fingerprint density at radius 1 is 1.11 bits per heavy atom. The lowest BCUT2D eigenvalue weighted by molar-refractivity contribution is 0.0310. The van der Waals surface area contributed by atoms with Crippen molar-refractivity contribution in [3.05, 3.63) is 30.1 Å². The molecule has 0 aliphatic carbocycles. The molecule has 0 saturated carbocycles. The molecule has 1 rings (SSSR count). The summed E-state index contributed by atoms with van der Waals surface area (Å²) in [7, 11) is 0. The molecule has 0 radical (unpaired) electrons. The molecule has 0 bridgehead atoms. The number of ether oxygens (including phenoxy) is 1. The van der Waals surface area contributed by atoms with Crippen LogP contribution in [0.4, 0.5) is 0 Å². The summed E-state index contributed by atoms with van der Waals surface area (Å²) in [6.07, 6.45) is 10.8. The molecule has 2 N–H and O–H groups in total. The van der Waals surface area contributed by atoms with Gasteiger partial charge < -0.3 is 10.5 Å². The third-order valence-corrected chi connectivity index (χ3v) is 3.44. The van der Waals surface area contributed by atoms with Crippen molar-refractivity contribution >= 4 is 0 Å². The molecule has 3 heteroatoms. The van der Waals surface area contributed by atoms with Crippen molar-refractivity contribution in [2.75, 3.05) is 6.61 Å². The number of hydrogen-bond acceptors (Lipinski definition) is 3.